The number of hydrogen-bond acceptors (Lipinski definition) is 2. The molecule has 1 aliphatic rings. The first-order valence-electron chi connectivity index (χ1n) is 8.18. The number of aryl methyl sites for hydroxylation is 1. The second kappa shape index (κ2) is 7.08. The van der Waals surface area contributed by atoms with Crippen molar-refractivity contribution in [3.63, 3.8) is 0 Å². The van der Waals surface area contributed by atoms with Crippen LogP contribution in [0.5, 0.6) is 0 Å². The third kappa shape index (κ3) is 3.85. The van der Waals surface area contributed by atoms with Crippen LogP contribution in [-0.2, 0) is 11.2 Å². The van der Waals surface area contributed by atoms with Crippen molar-refractivity contribution in [3.8, 4) is 0 Å². The molecule has 3 nitrogen and oxygen atoms in total. The predicted molar refractivity (Wildman–Crippen MR) is 86.9 cm³/mol. The van der Waals surface area contributed by atoms with Gasteiger partial charge in [-0.15, -0.1) is 0 Å². The van der Waals surface area contributed by atoms with Crippen molar-refractivity contribution in [3.05, 3.63) is 35.4 Å². The summed E-state index contributed by atoms with van der Waals surface area (Å²) in [4.78, 5) is 14.4. The smallest absolute Gasteiger partial charge is 0.241 e. The predicted octanol–water partition coefficient (Wildman–Crippen LogP) is 3.50. The van der Waals surface area contributed by atoms with Crippen LogP contribution in [0.3, 0.4) is 0 Å². The first kappa shape index (κ1) is 16.0. The van der Waals surface area contributed by atoms with Gasteiger partial charge in [-0.05, 0) is 43.2 Å². The lowest BCUT2D eigenvalue weighted by Crippen LogP contribution is -2.31. The fraction of sp³-hybridized carbons (Fsp3) is 0.611. The Morgan fingerprint density at radius 2 is 1.90 bits per heavy atom. The molecule has 2 rings (SSSR count). The van der Waals surface area contributed by atoms with Gasteiger partial charge in [-0.1, -0.05) is 45.0 Å². The van der Waals surface area contributed by atoms with Crippen molar-refractivity contribution in [2.24, 2.45) is 5.92 Å². The molecule has 2 unspecified atom stereocenters. The molecule has 1 aromatic rings. The number of rotatable bonds is 6. The van der Waals surface area contributed by atoms with E-state index in [4.69, 9.17) is 0 Å². The summed E-state index contributed by atoms with van der Waals surface area (Å²) in [7, 11) is 0. The van der Waals surface area contributed by atoms with Gasteiger partial charge in [0.2, 0.25) is 5.91 Å². The maximum Gasteiger partial charge on any atom is 0.241 e. The first-order chi connectivity index (χ1) is 10.0. The average molecular weight is 288 g/mol. The van der Waals surface area contributed by atoms with E-state index in [0.29, 0.717) is 5.92 Å². The van der Waals surface area contributed by atoms with Crippen LogP contribution in [0, 0.1) is 5.92 Å². The van der Waals surface area contributed by atoms with E-state index < -0.39 is 0 Å². The molecule has 0 spiro atoms. The molecule has 1 saturated heterocycles. The lowest BCUT2D eigenvalue weighted by atomic mass is 10.1. The molecule has 0 radical (unpaired) electrons. The van der Waals surface area contributed by atoms with E-state index in [1.807, 2.05) is 11.8 Å². The molecule has 0 aliphatic carbocycles. The van der Waals surface area contributed by atoms with E-state index in [-0.39, 0.29) is 18.1 Å². The Balaban J connectivity index is 2.09. The minimum Gasteiger partial charge on any atom is -0.322 e. The topological polar surface area (TPSA) is 32.3 Å². The van der Waals surface area contributed by atoms with Crippen molar-refractivity contribution in [2.45, 2.75) is 59.2 Å². The third-order valence-electron chi connectivity index (χ3n) is 4.26. The maximum absolute atomic E-state index is 12.4. The molecule has 1 aromatic carbocycles. The van der Waals surface area contributed by atoms with Crippen LogP contribution in [0.25, 0.3) is 0 Å². The van der Waals surface area contributed by atoms with Crippen molar-refractivity contribution in [1.82, 2.24) is 10.2 Å². The molecular weight excluding hydrogens is 260 g/mol. The van der Waals surface area contributed by atoms with Crippen LogP contribution in [0.2, 0.25) is 0 Å². The number of carbonyl (C=O) groups excluding carboxylic acids is 1. The van der Waals surface area contributed by atoms with Crippen molar-refractivity contribution < 1.29 is 4.79 Å². The minimum atomic E-state index is -0.0834. The van der Waals surface area contributed by atoms with E-state index in [0.717, 1.165) is 19.4 Å². The minimum absolute atomic E-state index is 0.0329. The first-order valence-corrected chi connectivity index (χ1v) is 8.18. The van der Waals surface area contributed by atoms with Crippen LogP contribution in [0.15, 0.2) is 24.3 Å². The molecule has 1 N–H and O–H groups in total. The number of nitrogens with one attached hydrogen (secondary N) is 1. The molecular formula is C18H28N2O. The SMILES string of the molecule is CCc1ccc(C2NC(C)C(=O)N2CCCC(C)C)cc1. The Kier molecular flexibility index (Phi) is 5.40. The highest BCUT2D eigenvalue weighted by Crippen LogP contribution is 2.26. The van der Waals surface area contributed by atoms with E-state index in [1.165, 1.54) is 17.5 Å². The Labute approximate surface area is 128 Å². The van der Waals surface area contributed by atoms with Gasteiger partial charge >= 0.3 is 0 Å². The van der Waals surface area contributed by atoms with Crippen LogP contribution in [0.1, 0.15) is 57.8 Å². The average Bonchev–Trinajstić information content (AvgIpc) is 2.75. The molecule has 0 aromatic heterocycles. The standard InChI is InChI=1S/C18H28N2O/c1-5-15-8-10-16(11-9-15)17-19-14(4)18(21)20(17)12-6-7-13(2)3/h8-11,13-14,17,19H,5-7,12H2,1-4H3. The van der Waals surface area contributed by atoms with Crippen molar-refractivity contribution in [2.75, 3.05) is 6.54 Å². The summed E-state index contributed by atoms with van der Waals surface area (Å²) in [6, 6.07) is 8.54. The number of nitrogens with zero attached hydrogens (tertiary/aromatic N) is 1. The zero-order valence-corrected chi connectivity index (χ0v) is 13.7. The molecule has 116 valence electrons. The van der Waals surface area contributed by atoms with E-state index >= 15 is 0 Å². The number of hydrogen-bond donors (Lipinski definition) is 1. The summed E-state index contributed by atoms with van der Waals surface area (Å²) >= 11 is 0. The monoisotopic (exact) mass is 288 g/mol. The van der Waals surface area contributed by atoms with E-state index in [1.54, 1.807) is 0 Å². The van der Waals surface area contributed by atoms with Gasteiger partial charge in [0, 0.05) is 6.54 Å². The highest BCUT2D eigenvalue weighted by molar-refractivity contribution is 5.84. The highest BCUT2D eigenvalue weighted by atomic mass is 16.2. The van der Waals surface area contributed by atoms with Crippen LogP contribution >= 0.6 is 0 Å². The van der Waals surface area contributed by atoms with Gasteiger partial charge in [0.15, 0.2) is 0 Å². The van der Waals surface area contributed by atoms with Crippen LogP contribution in [-0.4, -0.2) is 23.4 Å². The zero-order valence-electron chi connectivity index (χ0n) is 13.7. The van der Waals surface area contributed by atoms with Gasteiger partial charge in [0.25, 0.3) is 0 Å². The second-order valence-corrected chi connectivity index (χ2v) is 6.45. The number of benzene rings is 1. The van der Waals surface area contributed by atoms with E-state index in [2.05, 4.69) is 50.4 Å². The fourth-order valence-corrected chi connectivity index (χ4v) is 2.90. The lowest BCUT2D eigenvalue weighted by Gasteiger charge is -2.25. The third-order valence-corrected chi connectivity index (χ3v) is 4.26. The summed E-state index contributed by atoms with van der Waals surface area (Å²) in [5, 5.41) is 3.42. The van der Waals surface area contributed by atoms with Gasteiger partial charge in [0.1, 0.15) is 6.17 Å². The molecule has 0 saturated carbocycles. The van der Waals surface area contributed by atoms with Gasteiger partial charge < -0.3 is 4.90 Å². The number of carbonyl (C=O) groups is 1. The second-order valence-electron chi connectivity index (χ2n) is 6.45. The molecule has 0 bridgehead atoms. The quantitative estimate of drug-likeness (QED) is 0.869. The Morgan fingerprint density at radius 1 is 1.24 bits per heavy atom. The Bertz CT molecular complexity index is 467. The maximum atomic E-state index is 12.4. The van der Waals surface area contributed by atoms with Gasteiger partial charge in [-0.25, -0.2) is 0 Å². The van der Waals surface area contributed by atoms with Crippen LogP contribution < -0.4 is 5.32 Å². The normalized spacial score (nSPS) is 22.3. The van der Waals surface area contributed by atoms with Gasteiger partial charge in [-0.2, -0.15) is 0 Å². The molecule has 21 heavy (non-hydrogen) atoms. The molecule has 1 fully saturated rings. The van der Waals surface area contributed by atoms with E-state index in [9.17, 15) is 4.79 Å². The van der Waals surface area contributed by atoms with Gasteiger partial charge in [0.05, 0.1) is 6.04 Å². The highest BCUT2D eigenvalue weighted by Gasteiger charge is 2.36. The van der Waals surface area contributed by atoms with Crippen molar-refractivity contribution in [1.29, 1.82) is 0 Å². The number of amides is 1. The van der Waals surface area contributed by atoms with Crippen molar-refractivity contribution >= 4 is 5.91 Å². The van der Waals surface area contributed by atoms with Gasteiger partial charge in [-0.3, -0.25) is 10.1 Å². The molecule has 2 atom stereocenters. The summed E-state index contributed by atoms with van der Waals surface area (Å²) in [5.41, 5.74) is 2.52. The molecule has 3 heteroatoms. The summed E-state index contributed by atoms with van der Waals surface area (Å²) in [5.74, 6) is 0.915. The molecule has 1 amide bonds. The summed E-state index contributed by atoms with van der Waals surface area (Å²) in [6.07, 6.45) is 3.32. The molecule has 1 heterocycles. The fourth-order valence-electron chi connectivity index (χ4n) is 2.90. The zero-order chi connectivity index (χ0) is 15.4. The summed E-state index contributed by atoms with van der Waals surface area (Å²) in [6.45, 7) is 9.42. The Morgan fingerprint density at radius 3 is 2.48 bits per heavy atom. The lowest BCUT2D eigenvalue weighted by molar-refractivity contribution is -0.129. The largest absolute Gasteiger partial charge is 0.322 e. The van der Waals surface area contributed by atoms with Crippen LogP contribution in [0.4, 0.5) is 0 Å². The Hall–Kier alpha value is -1.35. The summed E-state index contributed by atoms with van der Waals surface area (Å²) < 4.78 is 0. The molecule has 1 aliphatic heterocycles.